The first kappa shape index (κ1) is 18.0. The standard InChI is InChI=1S/C9H12BrN3O.2ClH/c1-6(3-11)13-9(14)7-2-8(10)5-12-4-7;;/h2,4-6H,3,11H2,1H3,(H,13,14);2*1H/t6-;;/m1../s1. The summed E-state index contributed by atoms with van der Waals surface area (Å²) in [6.45, 7) is 2.27. The molecule has 0 saturated carbocycles. The lowest BCUT2D eigenvalue weighted by Gasteiger charge is -2.10. The quantitative estimate of drug-likeness (QED) is 0.887. The predicted molar refractivity (Wildman–Crippen MR) is 72.4 cm³/mol. The summed E-state index contributed by atoms with van der Waals surface area (Å²) in [6, 6.07) is 1.69. The van der Waals surface area contributed by atoms with E-state index in [1.54, 1.807) is 12.3 Å². The number of nitrogens with zero attached hydrogens (tertiary/aromatic N) is 1. The van der Waals surface area contributed by atoms with Crippen LogP contribution in [0.15, 0.2) is 22.9 Å². The topological polar surface area (TPSA) is 68.0 Å². The molecule has 1 heterocycles. The van der Waals surface area contributed by atoms with Crippen LogP contribution in [0.25, 0.3) is 0 Å². The van der Waals surface area contributed by atoms with Gasteiger partial charge in [-0.3, -0.25) is 9.78 Å². The maximum Gasteiger partial charge on any atom is 0.253 e. The van der Waals surface area contributed by atoms with Crippen molar-refractivity contribution in [3.8, 4) is 0 Å². The fraction of sp³-hybridized carbons (Fsp3) is 0.333. The summed E-state index contributed by atoms with van der Waals surface area (Å²) in [5.74, 6) is -0.156. The number of carbonyl (C=O) groups excluding carboxylic acids is 1. The largest absolute Gasteiger partial charge is 0.348 e. The van der Waals surface area contributed by atoms with E-state index in [4.69, 9.17) is 5.73 Å². The summed E-state index contributed by atoms with van der Waals surface area (Å²) in [5.41, 5.74) is 5.92. The molecule has 0 spiro atoms. The Labute approximate surface area is 115 Å². The van der Waals surface area contributed by atoms with Gasteiger partial charge in [-0.2, -0.15) is 0 Å². The maximum atomic E-state index is 11.5. The third-order valence-electron chi connectivity index (χ3n) is 1.70. The minimum absolute atomic E-state index is 0. The molecule has 0 aliphatic heterocycles. The lowest BCUT2D eigenvalue weighted by atomic mass is 10.2. The number of carbonyl (C=O) groups is 1. The van der Waals surface area contributed by atoms with Crippen LogP contribution in [-0.4, -0.2) is 23.5 Å². The Bertz CT molecular complexity index is 338. The van der Waals surface area contributed by atoms with Crippen LogP contribution in [0.4, 0.5) is 0 Å². The molecular weight excluding hydrogens is 317 g/mol. The first-order chi connectivity index (χ1) is 6.63. The Morgan fingerprint density at radius 1 is 1.56 bits per heavy atom. The normalized spacial score (nSPS) is 10.7. The average Bonchev–Trinajstić information content (AvgIpc) is 2.17. The second-order valence-electron chi connectivity index (χ2n) is 3.00. The fourth-order valence-corrected chi connectivity index (χ4v) is 1.27. The second-order valence-corrected chi connectivity index (χ2v) is 3.92. The van der Waals surface area contributed by atoms with Crippen molar-refractivity contribution in [1.82, 2.24) is 10.3 Å². The molecule has 1 amide bonds. The summed E-state index contributed by atoms with van der Waals surface area (Å²) >= 11 is 3.25. The van der Waals surface area contributed by atoms with Gasteiger partial charge in [-0.15, -0.1) is 24.8 Å². The molecule has 3 N–H and O–H groups in total. The fourth-order valence-electron chi connectivity index (χ4n) is 0.902. The molecule has 7 heteroatoms. The number of pyridine rings is 1. The zero-order valence-electron chi connectivity index (χ0n) is 8.64. The molecular formula is C9H14BrCl2N3O. The average molecular weight is 331 g/mol. The Hall–Kier alpha value is -0.360. The van der Waals surface area contributed by atoms with Crippen LogP contribution in [0.1, 0.15) is 17.3 Å². The molecule has 0 aliphatic rings. The van der Waals surface area contributed by atoms with Crippen molar-refractivity contribution in [3.63, 3.8) is 0 Å². The van der Waals surface area contributed by atoms with Gasteiger partial charge in [0.05, 0.1) is 5.56 Å². The molecule has 1 rings (SSSR count). The van der Waals surface area contributed by atoms with E-state index >= 15 is 0 Å². The maximum absolute atomic E-state index is 11.5. The molecule has 0 unspecified atom stereocenters. The summed E-state index contributed by atoms with van der Waals surface area (Å²) in [4.78, 5) is 15.4. The SMILES string of the molecule is C[C@H](CN)NC(=O)c1cncc(Br)c1.Cl.Cl. The van der Waals surface area contributed by atoms with Crippen molar-refractivity contribution in [2.45, 2.75) is 13.0 Å². The highest BCUT2D eigenvalue weighted by molar-refractivity contribution is 9.10. The monoisotopic (exact) mass is 329 g/mol. The first-order valence-corrected chi connectivity index (χ1v) is 5.04. The first-order valence-electron chi connectivity index (χ1n) is 4.25. The van der Waals surface area contributed by atoms with Crippen molar-refractivity contribution in [2.24, 2.45) is 5.73 Å². The number of hydrogen-bond acceptors (Lipinski definition) is 3. The van der Waals surface area contributed by atoms with Crippen molar-refractivity contribution in [3.05, 3.63) is 28.5 Å². The zero-order valence-corrected chi connectivity index (χ0v) is 11.9. The van der Waals surface area contributed by atoms with Gasteiger partial charge in [0.1, 0.15) is 0 Å². The van der Waals surface area contributed by atoms with Gasteiger partial charge in [-0.25, -0.2) is 0 Å². The molecule has 0 saturated heterocycles. The van der Waals surface area contributed by atoms with Gasteiger partial charge in [-0.05, 0) is 28.9 Å². The van der Waals surface area contributed by atoms with E-state index < -0.39 is 0 Å². The Morgan fingerprint density at radius 3 is 2.69 bits per heavy atom. The van der Waals surface area contributed by atoms with Crippen LogP contribution in [0.5, 0.6) is 0 Å². The molecule has 4 nitrogen and oxygen atoms in total. The van der Waals surface area contributed by atoms with E-state index in [0.717, 1.165) is 4.47 Å². The van der Waals surface area contributed by atoms with E-state index in [9.17, 15) is 4.79 Å². The van der Waals surface area contributed by atoms with Crippen molar-refractivity contribution < 1.29 is 4.79 Å². The molecule has 1 aromatic rings. The van der Waals surface area contributed by atoms with Crippen molar-refractivity contribution >= 4 is 46.7 Å². The molecule has 0 aromatic carbocycles. The molecule has 1 atom stereocenters. The highest BCUT2D eigenvalue weighted by Gasteiger charge is 2.08. The Kier molecular flexibility index (Phi) is 9.86. The number of hydrogen-bond donors (Lipinski definition) is 2. The lowest BCUT2D eigenvalue weighted by molar-refractivity contribution is 0.0941. The number of rotatable bonds is 3. The second kappa shape index (κ2) is 8.75. The summed E-state index contributed by atoms with van der Waals surface area (Å²) in [6.07, 6.45) is 3.15. The van der Waals surface area contributed by atoms with E-state index in [0.29, 0.717) is 12.1 Å². The van der Waals surface area contributed by atoms with Gasteiger partial charge in [0.2, 0.25) is 0 Å². The molecule has 1 aromatic heterocycles. The third-order valence-corrected chi connectivity index (χ3v) is 2.13. The predicted octanol–water partition coefficient (Wildman–Crippen LogP) is 1.76. The van der Waals surface area contributed by atoms with Gasteiger partial charge < -0.3 is 11.1 Å². The van der Waals surface area contributed by atoms with Crippen LogP contribution in [0.2, 0.25) is 0 Å². The molecule has 0 aliphatic carbocycles. The minimum Gasteiger partial charge on any atom is -0.348 e. The van der Waals surface area contributed by atoms with Crippen LogP contribution in [0, 0.1) is 0 Å². The molecule has 16 heavy (non-hydrogen) atoms. The zero-order chi connectivity index (χ0) is 10.6. The number of nitrogens with two attached hydrogens (primary N) is 1. The Balaban J connectivity index is 0. The van der Waals surface area contributed by atoms with Gasteiger partial charge in [0.15, 0.2) is 0 Å². The molecule has 0 bridgehead atoms. The smallest absolute Gasteiger partial charge is 0.253 e. The molecule has 0 radical (unpaired) electrons. The van der Waals surface area contributed by atoms with Gasteiger partial charge >= 0.3 is 0 Å². The molecule has 0 fully saturated rings. The highest BCUT2D eigenvalue weighted by Crippen LogP contribution is 2.09. The van der Waals surface area contributed by atoms with Crippen LogP contribution < -0.4 is 11.1 Å². The lowest BCUT2D eigenvalue weighted by Crippen LogP contribution is -2.37. The number of amides is 1. The number of nitrogens with one attached hydrogen (secondary N) is 1. The highest BCUT2D eigenvalue weighted by atomic mass is 79.9. The van der Waals surface area contributed by atoms with Gasteiger partial charge in [0.25, 0.3) is 5.91 Å². The van der Waals surface area contributed by atoms with Crippen LogP contribution in [0.3, 0.4) is 0 Å². The van der Waals surface area contributed by atoms with E-state index in [2.05, 4.69) is 26.2 Å². The van der Waals surface area contributed by atoms with Crippen molar-refractivity contribution in [1.29, 1.82) is 0 Å². The van der Waals surface area contributed by atoms with E-state index in [1.165, 1.54) is 6.20 Å². The van der Waals surface area contributed by atoms with E-state index in [1.807, 2.05) is 6.92 Å². The Morgan fingerprint density at radius 2 is 2.19 bits per heavy atom. The summed E-state index contributed by atoms with van der Waals surface area (Å²) in [5, 5.41) is 2.75. The summed E-state index contributed by atoms with van der Waals surface area (Å²) < 4.78 is 0.783. The van der Waals surface area contributed by atoms with Gasteiger partial charge in [0, 0.05) is 29.5 Å². The van der Waals surface area contributed by atoms with E-state index in [-0.39, 0.29) is 36.8 Å². The molecule has 92 valence electrons. The minimum atomic E-state index is -0.156. The number of halogens is 3. The summed E-state index contributed by atoms with van der Waals surface area (Å²) in [7, 11) is 0. The third kappa shape index (κ3) is 5.65. The van der Waals surface area contributed by atoms with Crippen LogP contribution >= 0.6 is 40.7 Å². The van der Waals surface area contributed by atoms with Crippen molar-refractivity contribution in [2.75, 3.05) is 6.54 Å². The van der Waals surface area contributed by atoms with Gasteiger partial charge in [-0.1, -0.05) is 0 Å². The number of aromatic nitrogens is 1. The van der Waals surface area contributed by atoms with Crippen LogP contribution in [-0.2, 0) is 0 Å².